The highest BCUT2D eigenvalue weighted by molar-refractivity contribution is 6.91. The maximum Gasteiger partial charge on any atom is 0.191 e. The van der Waals surface area contributed by atoms with Crippen molar-refractivity contribution in [3.05, 3.63) is 36.4 Å². The van der Waals surface area contributed by atoms with Crippen LogP contribution < -0.4 is 5.32 Å². The molecule has 0 unspecified atom stereocenters. The van der Waals surface area contributed by atoms with Crippen LogP contribution in [0.4, 0.5) is 0 Å². The molecule has 3 rings (SSSR count). The summed E-state index contributed by atoms with van der Waals surface area (Å²) in [6.07, 6.45) is 4.53. The first-order valence-corrected chi connectivity index (χ1v) is 17.3. The molecule has 0 fully saturated rings. The summed E-state index contributed by atoms with van der Waals surface area (Å²) in [6.45, 7) is 14.9. The van der Waals surface area contributed by atoms with Crippen molar-refractivity contribution in [1.82, 2.24) is 19.7 Å². The second-order valence-corrected chi connectivity index (χ2v) is 18.7. The summed E-state index contributed by atoms with van der Waals surface area (Å²) in [6, 6.07) is 14.1. The standard InChI is InChI=1S/C24H40N4OSi2/c1-7-30(8-2,9-3)24-21(15-16-29-31(10-4,11-5)12-6)22-17-20(13-14-23(22)27-24)28-18-25-26-19-28/h13-14,17-19,27H,7-12,15-16H2,1-6H3. The highest BCUT2D eigenvalue weighted by Crippen LogP contribution is 2.29. The fourth-order valence-electron chi connectivity index (χ4n) is 5.15. The van der Waals surface area contributed by atoms with Crippen molar-refractivity contribution in [2.24, 2.45) is 0 Å². The first-order valence-electron chi connectivity index (χ1n) is 12.2. The number of aromatic nitrogens is 4. The normalized spacial score (nSPS) is 12.7. The maximum atomic E-state index is 6.69. The molecule has 0 aliphatic rings. The SMILES string of the molecule is CC[Si](CC)(CC)OCCc1c([Si](CC)(CC)CC)[nH]c2ccc(-n3cnnc3)cc12. The lowest BCUT2D eigenvalue weighted by atomic mass is 10.1. The van der Waals surface area contributed by atoms with Crippen LogP contribution in [0.2, 0.25) is 36.3 Å². The van der Waals surface area contributed by atoms with Gasteiger partial charge in [0.25, 0.3) is 0 Å². The molecule has 0 saturated carbocycles. The average molecular weight is 457 g/mol. The molecular formula is C24H40N4OSi2. The smallest absolute Gasteiger partial charge is 0.191 e. The molecule has 1 aromatic carbocycles. The quantitative estimate of drug-likeness (QED) is 0.339. The van der Waals surface area contributed by atoms with Crippen LogP contribution in [0.5, 0.6) is 0 Å². The first-order chi connectivity index (χ1) is 15.0. The topological polar surface area (TPSA) is 55.7 Å². The highest BCUT2D eigenvalue weighted by Gasteiger charge is 2.34. The molecule has 0 aliphatic carbocycles. The number of benzene rings is 1. The number of H-pyrrole nitrogens is 1. The van der Waals surface area contributed by atoms with Gasteiger partial charge in [-0.25, -0.2) is 0 Å². The lowest BCUT2D eigenvalue weighted by molar-refractivity contribution is 0.304. The van der Waals surface area contributed by atoms with Gasteiger partial charge < -0.3 is 9.41 Å². The molecule has 1 N–H and O–H groups in total. The Kier molecular flexibility index (Phi) is 7.94. The lowest BCUT2D eigenvalue weighted by Gasteiger charge is -2.30. The van der Waals surface area contributed by atoms with E-state index in [1.165, 1.54) is 52.7 Å². The zero-order valence-corrected chi connectivity index (χ0v) is 22.3. The molecule has 2 aromatic heterocycles. The number of fused-ring (bicyclic) bond motifs is 1. The van der Waals surface area contributed by atoms with Gasteiger partial charge in [-0.2, -0.15) is 0 Å². The van der Waals surface area contributed by atoms with Crippen LogP contribution >= 0.6 is 0 Å². The zero-order valence-electron chi connectivity index (χ0n) is 20.3. The molecule has 2 heterocycles. The van der Waals surface area contributed by atoms with Gasteiger partial charge >= 0.3 is 0 Å². The summed E-state index contributed by atoms with van der Waals surface area (Å²) < 4.78 is 8.67. The Morgan fingerprint density at radius 1 is 0.871 bits per heavy atom. The lowest BCUT2D eigenvalue weighted by Crippen LogP contribution is -2.48. The summed E-state index contributed by atoms with van der Waals surface area (Å²) in [5.74, 6) is 0. The molecule has 7 heteroatoms. The Morgan fingerprint density at radius 3 is 2.03 bits per heavy atom. The van der Waals surface area contributed by atoms with Gasteiger partial charge in [-0.05, 0) is 48.3 Å². The van der Waals surface area contributed by atoms with E-state index in [1.54, 1.807) is 18.0 Å². The number of rotatable bonds is 12. The van der Waals surface area contributed by atoms with Gasteiger partial charge in [0.05, 0.1) is 0 Å². The monoisotopic (exact) mass is 456 g/mol. The molecule has 0 atom stereocenters. The highest BCUT2D eigenvalue weighted by atomic mass is 28.4. The van der Waals surface area contributed by atoms with Crippen LogP contribution in [0.25, 0.3) is 16.6 Å². The number of hydrogen-bond donors (Lipinski definition) is 1. The van der Waals surface area contributed by atoms with Crippen LogP contribution in [0.3, 0.4) is 0 Å². The number of nitrogens with zero attached hydrogens (tertiary/aromatic N) is 3. The van der Waals surface area contributed by atoms with Gasteiger partial charge in [0.1, 0.15) is 20.7 Å². The summed E-state index contributed by atoms with van der Waals surface area (Å²) in [7, 11) is -3.14. The summed E-state index contributed by atoms with van der Waals surface area (Å²) in [5.41, 5.74) is 3.86. The molecular weight excluding hydrogens is 416 g/mol. The van der Waals surface area contributed by atoms with Crippen molar-refractivity contribution in [3.8, 4) is 5.69 Å². The van der Waals surface area contributed by atoms with Crippen LogP contribution in [0, 0.1) is 0 Å². The Hall–Kier alpha value is -1.71. The minimum atomic E-state index is -1.58. The second kappa shape index (κ2) is 10.3. The predicted molar refractivity (Wildman–Crippen MR) is 137 cm³/mol. The third-order valence-electron chi connectivity index (χ3n) is 7.86. The Bertz CT molecular complexity index is 943. The van der Waals surface area contributed by atoms with E-state index in [-0.39, 0.29) is 0 Å². The molecule has 3 aromatic rings. The summed E-state index contributed by atoms with van der Waals surface area (Å²) >= 11 is 0. The number of hydrogen-bond acceptors (Lipinski definition) is 3. The van der Waals surface area contributed by atoms with Crippen molar-refractivity contribution in [2.75, 3.05) is 6.61 Å². The van der Waals surface area contributed by atoms with E-state index in [4.69, 9.17) is 4.43 Å². The van der Waals surface area contributed by atoms with Gasteiger partial charge in [-0.1, -0.05) is 59.7 Å². The third-order valence-corrected chi connectivity index (χ3v) is 18.1. The van der Waals surface area contributed by atoms with E-state index >= 15 is 0 Å². The predicted octanol–water partition coefficient (Wildman–Crippen LogP) is 6.03. The van der Waals surface area contributed by atoms with Crippen LogP contribution in [0.15, 0.2) is 30.9 Å². The third kappa shape index (κ3) is 4.59. The van der Waals surface area contributed by atoms with E-state index in [9.17, 15) is 0 Å². The fraction of sp³-hybridized carbons (Fsp3) is 0.583. The Labute approximate surface area is 189 Å². The molecule has 0 amide bonds. The molecule has 0 bridgehead atoms. The summed E-state index contributed by atoms with van der Waals surface area (Å²) in [4.78, 5) is 3.90. The van der Waals surface area contributed by atoms with E-state index in [0.29, 0.717) is 0 Å². The minimum Gasteiger partial charge on any atom is -0.416 e. The Balaban J connectivity index is 2.05. The molecule has 0 saturated heterocycles. The van der Waals surface area contributed by atoms with Gasteiger partial charge in [-0.15, -0.1) is 10.2 Å². The second-order valence-electron chi connectivity index (χ2n) is 8.76. The Morgan fingerprint density at radius 2 is 1.48 bits per heavy atom. The molecule has 31 heavy (non-hydrogen) atoms. The summed E-state index contributed by atoms with van der Waals surface area (Å²) in [5, 5.41) is 10.9. The van der Waals surface area contributed by atoms with E-state index in [1.807, 2.05) is 4.57 Å². The van der Waals surface area contributed by atoms with Crippen molar-refractivity contribution in [3.63, 3.8) is 0 Å². The maximum absolute atomic E-state index is 6.69. The fourth-order valence-corrected chi connectivity index (χ4v) is 11.7. The zero-order chi connectivity index (χ0) is 22.5. The first kappa shape index (κ1) is 23.9. The molecule has 0 spiro atoms. The van der Waals surface area contributed by atoms with Gasteiger partial charge in [-0.3, -0.25) is 4.57 Å². The van der Waals surface area contributed by atoms with Crippen LogP contribution in [0.1, 0.15) is 47.1 Å². The van der Waals surface area contributed by atoms with Gasteiger partial charge in [0, 0.05) is 28.5 Å². The van der Waals surface area contributed by atoms with Crippen LogP contribution in [-0.2, 0) is 10.8 Å². The van der Waals surface area contributed by atoms with E-state index < -0.39 is 16.4 Å². The molecule has 5 nitrogen and oxygen atoms in total. The van der Waals surface area contributed by atoms with Crippen molar-refractivity contribution in [2.45, 2.75) is 84.2 Å². The van der Waals surface area contributed by atoms with E-state index in [0.717, 1.165) is 18.7 Å². The van der Waals surface area contributed by atoms with Gasteiger partial charge in [0.2, 0.25) is 0 Å². The van der Waals surface area contributed by atoms with Crippen molar-refractivity contribution < 1.29 is 4.43 Å². The van der Waals surface area contributed by atoms with Gasteiger partial charge in [0.15, 0.2) is 8.32 Å². The average Bonchev–Trinajstić information content (AvgIpc) is 3.47. The largest absolute Gasteiger partial charge is 0.416 e. The van der Waals surface area contributed by atoms with E-state index in [2.05, 4.69) is 74.9 Å². The number of aromatic amines is 1. The number of nitrogens with one attached hydrogen (secondary N) is 1. The minimum absolute atomic E-state index is 0.834. The molecule has 170 valence electrons. The van der Waals surface area contributed by atoms with Crippen LogP contribution in [-0.4, -0.2) is 42.7 Å². The van der Waals surface area contributed by atoms with Crippen molar-refractivity contribution in [1.29, 1.82) is 0 Å². The molecule has 0 radical (unpaired) electrons. The molecule has 0 aliphatic heterocycles. The van der Waals surface area contributed by atoms with Crippen molar-refractivity contribution >= 4 is 32.6 Å².